The molecule has 0 saturated heterocycles. The normalized spacial score (nSPS) is 11.8. The van der Waals surface area contributed by atoms with Gasteiger partial charge in [-0.25, -0.2) is 4.39 Å². The van der Waals surface area contributed by atoms with Crippen LogP contribution in [-0.4, -0.2) is 17.9 Å². The number of rotatable bonds is 4. The molecule has 0 aliphatic heterocycles. The van der Waals surface area contributed by atoms with E-state index in [2.05, 4.69) is 6.58 Å². The van der Waals surface area contributed by atoms with Crippen LogP contribution in [0.2, 0.25) is 5.02 Å². The van der Waals surface area contributed by atoms with Crippen molar-refractivity contribution in [1.82, 2.24) is 4.90 Å². The van der Waals surface area contributed by atoms with E-state index in [-0.39, 0.29) is 17.8 Å². The van der Waals surface area contributed by atoms with Gasteiger partial charge < -0.3 is 4.90 Å². The third-order valence-electron chi connectivity index (χ3n) is 3.28. The minimum absolute atomic E-state index is 0.209. The number of benzene rings is 2. The van der Waals surface area contributed by atoms with Crippen LogP contribution in [0.1, 0.15) is 17.2 Å². The number of hydrogen-bond donors (Lipinski definition) is 0. The van der Waals surface area contributed by atoms with Gasteiger partial charge in [0.2, 0.25) is 5.91 Å². The van der Waals surface area contributed by atoms with E-state index in [1.165, 1.54) is 18.2 Å². The average Bonchev–Trinajstić information content (AvgIpc) is 2.50. The highest BCUT2D eigenvalue weighted by Gasteiger charge is 2.22. The first-order chi connectivity index (χ1) is 10.0. The summed E-state index contributed by atoms with van der Waals surface area (Å²) >= 11 is 5.91. The van der Waals surface area contributed by atoms with E-state index in [1.54, 1.807) is 36.2 Å². The molecule has 21 heavy (non-hydrogen) atoms. The van der Waals surface area contributed by atoms with Gasteiger partial charge in [-0.3, -0.25) is 4.79 Å². The Morgan fingerprint density at radius 3 is 2.10 bits per heavy atom. The second-order valence-corrected chi connectivity index (χ2v) is 5.10. The fourth-order valence-electron chi connectivity index (χ4n) is 2.20. The van der Waals surface area contributed by atoms with Gasteiger partial charge >= 0.3 is 0 Å². The summed E-state index contributed by atoms with van der Waals surface area (Å²) in [6.45, 7) is 3.51. The zero-order valence-corrected chi connectivity index (χ0v) is 12.3. The van der Waals surface area contributed by atoms with Crippen LogP contribution in [0.5, 0.6) is 0 Å². The Morgan fingerprint density at radius 1 is 1.14 bits per heavy atom. The predicted molar refractivity (Wildman–Crippen MR) is 82.7 cm³/mol. The Kier molecular flexibility index (Phi) is 4.76. The monoisotopic (exact) mass is 303 g/mol. The summed E-state index contributed by atoms with van der Waals surface area (Å²) in [6.07, 6.45) is 1.26. The first-order valence-electron chi connectivity index (χ1n) is 6.43. The third kappa shape index (κ3) is 3.50. The Balaban J connectivity index is 2.48. The van der Waals surface area contributed by atoms with Crippen molar-refractivity contribution >= 4 is 17.5 Å². The van der Waals surface area contributed by atoms with Crippen molar-refractivity contribution < 1.29 is 9.18 Å². The molecule has 0 bridgehead atoms. The number of nitrogens with zero attached hydrogens (tertiary/aromatic N) is 1. The van der Waals surface area contributed by atoms with Crippen LogP contribution in [0.3, 0.4) is 0 Å². The molecule has 2 rings (SSSR count). The molecule has 0 heterocycles. The van der Waals surface area contributed by atoms with Crippen molar-refractivity contribution in [3.63, 3.8) is 0 Å². The lowest BCUT2D eigenvalue weighted by molar-refractivity contribution is -0.126. The third-order valence-corrected chi connectivity index (χ3v) is 3.53. The number of carbonyl (C=O) groups excluding carboxylic acids is 1. The lowest BCUT2D eigenvalue weighted by atomic mass is 9.97. The van der Waals surface area contributed by atoms with Crippen molar-refractivity contribution in [3.8, 4) is 0 Å². The fourth-order valence-corrected chi connectivity index (χ4v) is 2.33. The maximum absolute atomic E-state index is 13.1. The first kappa shape index (κ1) is 15.3. The van der Waals surface area contributed by atoms with Gasteiger partial charge in [0, 0.05) is 12.1 Å². The lowest BCUT2D eigenvalue weighted by Gasteiger charge is -2.28. The minimum atomic E-state index is -0.326. The largest absolute Gasteiger partial charge is 0.331 e. The van der Waals surface area contributed by atoms with Crippen LogP contribution in [0.15, 0.2) is 61.2 Å². The van der Waals surface area contributed by atoms with Crippen LogP contribution in [0.4, 0.5) is 4.39 Å². The summed E-state index contributed by atoms with van der Waals surface area (Å²) in [5.41, 5.74) is 1.71. The van der Waals surface area contributed by atoms with Gasteiger partial charge in [0.25, 0.3) is 0 Å². The average molecular weight is 304 g/mol. The van der Waals surface area contributed by atoms with E-state index in [9.17, 15) is 9.18 Å². The number of hydrogen-bond acceptors (Lipinski definition) is 1. The van der Waals surface area contributed by atoms with Gasteiger partial charge in [0.05, 0.1) is 6.04 Å². The Labute approximate surface area is 128 Å². The molecular weight excluding hydrogens is 289 g/mol. The minimum Gasteiger partial charge on any atom is -0.331 e. The van der Waals surface area contributed by atoms with E-state index in [0.29, 0.717) is 5.02 Å². The quantitative estimate of drug-likeness (QED) is 0.775. The van der Waals surface area contributed by atoms with Crippen molar-refractivity contribution in [1.29, 1.82) is 0 Å². The Hall–Kier alpha value is -2.13. The zero-order valence-electron chi connectivity index (χ0n) is 11.6. The van der Waals surface area contributed by atoms with Gasteiger partial charge in [0.1, 0.15) is 5.82 Å². The van der Waals surface area contributed by atoms with Crippen LogP contribution >= 0.6 is 11.6 Å². The van der Waals surface area contributed by atoms with Crippen molar-refractivity contribution in [2.24, 2.45) is 0 Å². The molecule has 2 aromatic rings. The highest BCUT2D eigenvalue weighted by molar-refractivity contribution is 6.30. The molecule has 0 fully saturated rings. The standard InChI is InChI=1S/C17H15ClFNO/c1-3-16(21)20(2)17(12-4-8-14(18)9-5-12)13-6-10-15(19)11-7-13/h3-11,17H,1H2,2H3. The van der Waals surface area contributed by atoms with Gasteiger partial charge in [-0.2, -0.15) is 0 Å². The summed E-state index contributed by atoms with van der Waals surface area (Å²) in [7, 11) is 1.69. The van der Waals surface area contributed by atoms with E-state index < -0.39 is 0 Å². The van der Waals surface area contributed by atoms with Crippen LogP contribution in [0, 0.1) is 5.82 Å². The second-order valence-electron chi connectivity index (χ2n) is 4.66. The molecule has 2 aromatic carbocycles. The molecule has 0 spiro atoms. The highest BCUT2D eigenvalue weighted by atomic mass is 35.5. The van der Waals surface area contributed by atoms with Crippen LogP contribution < -0.4 is 0 Å². The molecule has 0 aliphatic carbocycles. The van der Waals surface area contributed by atoms with Crippen molar-refractivity contribution in [3.05, 3.63) is 83.2 Å². The summed E-state index contributed by atoms with van der Waals surface area (Å²) < 4.78 is 13.1. The van der Waals surface area contributed by atoms with Gasteiger partial charge in [0.15, 0.2) is 0 Å². The van der Waals surface area contributed by atoms with E-state index in [4.69, 9.17) is 11.6 Å². The molecule has 1 atom stereocenters. The van der Waals surface area contributed by atoms with Gasteiger partial charge in [-0.1, -0.05) is 42.4 Å². The summed E-state index contributed by atoms with van der Waals surface area (Å²) in [5, 5.41) is 0.620. The van der Waals surface area contributed by atoms with E-state index in [0.717, 1.165) is 11.1 Å². The number of carbonyl (C=O) groups is 1. The number of likely N-dealkylation sites (N-methyl/N-ethyl adjacent to an activating group) is 1. The van der Waals surface area contributed by atoms with E-state index >= 15 is 0 Å². The molecule has 0 radical (unpaired) electrons. The molecule has 2 nitrogen and oxygen atoms in total. The number of amides is 1. The smallest absolute Gasteiger partial charge is 0.246 e. The van der Waals surface area contributed by atoms with Gasteiger partial charge in [-0.15, -0.1) is 0 Å². The van der Waals surface area contributed by atoms with Crippen LogP contribution in [-0.2, 0) is 4.79 Å². The number of halogens is 2. The Bertz CT molecular complexity index is 591. The molecule has 0 saturated carbocycles. The van der Waals surface area contributed by atoms with Gasteiger partial charge in [-0.05, 0) is 41.5 Å². The van der Waals surface area contributed by atoms with Crippen LogP contribution in [0.25, 0.3) is 0 Å². The molecule has 0 aromatic heterocycles. The summed E-state index contributed by atoms with van der Waals surface area (Å²) in [6, 6.07) is 13.0. The summed E-state index contributed by atoms with van der Waals surface area (Å²) in [4.78, 5) is 13.5. The molecule has 1 unspecified atom stereocenters. The van der Waals surface area contributed by atoms with Crippen molar-refractivity contribution in [2.75, 3.05) is 7.05 Å². The molecule has 1 amide bonds. The highest BCUT2D eigenvalue weighted by Crippen LogP contribution is 2.29. The maximum Gasteiger partial charge on any atom is 0.246 e. The zero-order chi connectivity index (χ0) is 15.4. The lowest BCUT2D eigenvalue weighted by Crippen LogP contribution is -2.30. The first-order valence-corrected chi connectivity index (χ1v) is 6.81. The fraction of sp³-hybridized carbons (Fsp3) is 0.118. The maximum atomic E-state index is 13.1. The molecule has 108 valence electrons. The predicted octanol–water partition coefficient (Wildman–Crippen LogP) is 4.21. The van der Waals surface area contributed by atoms with Crippen molar-refractivity contribution in [2.45, 2.75) is 6.04 Å². The molecule has 4 heteroatoms. The SMILES string of the molecule is C=CC(=O)N(C)C(c1ccc(F)cc1)c1ccc(Cl)cc1. The molecule has 0 aliphatic rings. The Morgan fingerprint density at radius 2 is 1.62 bits per heavy atom. The summed E-state index contributed by atoms with van der Waals surface area (Å²) in [5.74, 6) is -0.523. The topological polar surface area (TPSA) is 20.3 Å². The molecule has 0 N–H and O–H groups in total. The second kappa shape index (κ2) is 6.55. The molecular formula is C17H15ClFNO. The van der Waals surface area contributed by atoms with E-state index in [1.807, 2.05) is 12.1 Å².